The summed E-state index contributed by atoms with van der Waals surface area (Å²) >= 11 is 0. The minimum Gasteiger partial charge on any atom is -0.355 e. The van der Waals surface area contributed by atoms with Crippen molar-refractivity contribution in [1.29, 1.82) is 0 Å². The number of aromatic nitrogens is 3. The molecule has 1 aliphatic carbocycles. The molecule has 2 aromatic heterocycles. The summed E-state index contributed by atoms with van der Waals surface area (Å²) in [4.78, 5) is 31.4. The average molecular weight is 434 g/mol. The van der Waals surface area contributed by atoms with Crippen LogP contribution in [0.25, 0.3) is 10.9 Å². The molecule has 3 aromatic rings. The number of H-pyrrole nitrogens is 2. The Labute approximate surface area is 188 Å². The molecule has 2 unspecified atom stereocenters. The Hall–Kier alpha value is -3.09. The van der Waals surface area contributed by atoms with E-state index in [4.69, 9.17) is 0 Å². The maximum absolute atomic E-state index is 13.2. The maximum Gasteiger partial charge on any atom is 0.270 e. The number of rotatable bonds is 4. The third-order valence-electron chi connectivity index (χ3n) is 7.51. The largest absolute Gasteiger partial charge is 0.355 e. The number of carbonyl (C=O) groups is 2. The fourth-order valence-electron chi connectivity index (χ4n) is 5.20. The molecule has 2 atom stereocenters. The second kappa shape index (κ2) is 8.11. The van der Waals surface area contributed by atoms with Crippen LogP contribution in [-0.4, -0.2) is 51.5 Å². The number of aromatic amines is 2. The van der Waals surface area contributed by atoms with Crippen LogP contribution in [0.2, 0.25) is 0 Å². The lowest BCUT2D eigenvalue weighted by molar-refractivity contribution is -0.123. The van der Waals surface area contributed by atoms with E-state index in [1.165, 1.54) is 0 Å². The Bertz CT molecular complexity index is 1110. The molecule has 0 spiro atoms. The lowest BCUT2D eigenvalue weighted by atomic mass is 9.73. The molecule has 5 rings (SSSR count). The molecule has 0 saturated carbocycles. The number of fused-ring (bicyclic) bond motifs is 2. The smallest absolute Gasteiger partial charge is 0.270 e. The van der Waals surface area contributed by atoms with Gasteiger partial charge in [0.1, 0.15) is 5.69 Å². The van der Waals surface area contributed by atoms with E-state index in [-0.39, 0.29) is 29.1 Å². The van der Waals surface area contributed by atoms with Crippen LogP contribution in [0.15, 0.2) is 36.5 Å². The third-order valence-corrected chi connectivity index (χ3v) is 7.51. The fourth-order valence-corrected chi connectivity index (χ4v) is 5.20. The summed E-state index contributed by atoms with van der Waals surface area (Å²) in [5.41, 5.74) is 3.78. The number of hydrogen-bond acceptors (Lipinski definition) is 3. The number of carbonyl (C=O) groups excluding carboxylic acids is 2. The molecule has 3 heterocycles. The molecule has 0 radical (unpaired) electrons. The van der Waals surface area contributed by atoms with E-state index < -0.39 is 0 Å². The van der Waals surface area contributed by atoms with Gasteiger partial charge < -0.3 is 15.2 Å². The Morgan fingerprint density at radius 1 is 1.28 bits per heavy atom. The van der Waals surface area contributed by atoms with E-state index in [9.17, 15) is 9.59 Å². The maximum atomic E-state index is 13.2. The predicted molar refractivity (Wildman–Crippen MR) is 123 cm³/mol. The van der Waals surface area contributed by atoms with Crippen LogP contribution in [0.5, 0.6) is 0 Å². The second-order valence-electron chi connectivity index (χ2n) is 9.95. The second-order valence-corrected chi connectivity index (χ2v) is 9.95. The third kappa shape index (κ3) is 3.80. The predicted octanol–water partition coefficient (Wildman–Crippen LogP) is 3.62. The minimum atomic E-state index is -0.131. The zero-order valence-corrected chi connectivity index (χ0v) is 18.8. The molecular formula is C25H31N5O2. The first-order valence-corrected chi connectivity index (χ1v) is 11.6. The molecule has 2 amide bonds. The average Bonchev–Trinajstić information content (AvgIpc) is 3.44. The van der Waals surface area contributed by atoms with Crippen LogP contribution in [0.4, 0.5) is 0 Å². The van der Waals surface area contributed by atoms with Crippen molar-refractivity contribution in [2.75, 3.05) is 19.6 Å². The zero-order chi connectivity index (χ0) is 22.3. The van der Waals surface area contributed by atoms with Crippen molar-refractivity contribution in [1.82, 2.24) is 25.4 Å². The summed E-state index contributed by atoms with van der Waals surface area (Å²) < 4.78 is 0. The van der Waals surface area contributed by atoms with Gasteiger partial charge in [0.15, 0.2) is 0 Å². The summed E-state index contributed by atoms with van der Waals surface area (Å²) in [7, 11) is 0. The SMILES string of the molecule is CC1(C)CCN(C(=O)c2cc3ccccc3[nH]2)CC1CNC(=O)C1CCCc2[nH]ncc21. The normalized spacial score (nSPS) is 22.5. The van der Waals surface area contributed by atoms with Crippen LogP contribution < -0.4 is 5.32 Å². The fraction of sp³-hybridized carbons (Fsp3) is 0.480. The van der Waals surface area contributed by atoms with E-state index >= 15 is 0 Å². The molecule has 7 nitrogen and oxygen atoms in total. The Morgan fingerprint density at radius 2 is 2.12 bits per heavy atom. The molecule has 1 aromatic carbocycles. The lowest BCUT2D eigenvalue weighted by Crippen LogP contribution is -2.51. The van der Waals surface area contributed by atoms with Gasteiger partial charge in [0.2, 0.25) is 5.91 Å². The minimum absolute atomic E-state index is 0.0309. The van der Waals surface area contributed by atoms with Gasteiger partial charge in [-0.05, 0) is 49.1 Å². The van der Waals surface area contributed by atoms with Gasteiger partial charge in [-0.2, -0.15) is 5.10 Å². The zero-order valence-electron chi connectivity index (χ0n) is 18.8. The molecule has 1 saturated heterocycles. The van der Waals surface area contributed by atoms with Gasteiger partial charge in [-0.1, -0.05) is 32.0 Å². The number of aryl methyl sites for hydroxylation is 1. The molecule has 2 aliphatic rings. The molecular weight excluding hydrogens is 402 g/mol. The molecule has 168 valence electrons. The van der Waals surface area contributed by atoms with Crippen molar-refractivity contribution >= 4 is 22.7 Å². The summed E-state index contributed by atoms with van der Waals surface area (Å²) in [6.45, 7) is 6.43. The summed E-state index contributed by atoms with van der Waals surface area (Å²) in [6, 6.07) is 9.87. The molecule has 0 bridgehead atoms. The molecule has 32 heavy (non-hydrogen) atoms. The molecule has 1 fully saturated rings. The van der Waals surface area contributed by atoms with E-state index in [1.54, 1.807) is 6.20 Å². The first kappa shape index (κ1) is 20.8. The van der Waals surface area contributed by atoms with Gasteiger partial charge in [0.05, 0.1) is 12.1 Å². The number of amides is 2. The van der Waals surface area contributed by atoms with Crippen LogP contribution in [0, 0.1) is 11.3 Å². The first-order chi connectivity index (χ1) is 15.4. The lowest BCUT2D eigenvalue weighted by Gasteiger charge is -2.44. The summed E-state index contributed by atoms with van der Waals surface area (Å²) in [5, 5.41) is 11.4. The number of benzene rings is 1. The van der Waals surface area contributed by atoms with E-state index in [2.05, 4.69) is 34.3 Å². The topological polar surface area (TPSA) is 93.9 Å². The standard InChI is InChI=1S/C25H31N5O2/c1-25(2)10-11-30(24(32)22-12-16-6-3-4-8-20(16)28-22)15-17(25)13-26-23(31)18-7-5-9-21-19(18)14-27-29-21/h3-4,6,8,12,14,17-18,28H,5,7,9-11,13,15H2,1-2H3,(H,26,31)(H,27,29). The number of nitrogens with zero attached hydrogens (tertiary/aromatic N) is 2. The molecule has 3 N–H and O–H groups in total. The number of para-hydroxylation sites is 1. The Balaban J connectivity index is 1.26. The van der Waals surface area contributed by atoms with Crippen molar-refractivity contribution in [3.05, 3.63) is 53.5 Å². The van der Waals surface area contributed by atoms with Gasteiger partial charge in [0, 0.05) is 41.8 Å². The van der Waals surface area contributed by atoms with Crippen LogP contribution >= 0.6 is 0 Å². The van der Waals surface area contributed by atoms with Crippen LogP contribution in [0.3, 0.4) is 0 Å². The van der Waals surface area contributed by atoms with Crippen molar-refractivity contribution in [2.24, 2.45) is 11.3 Å². The van der Waals surface area contributed by atoms with E-state index in [0.717, 1.165) is 54.4 Å². The highest BCUT2D eigenvalue weighted by molar-refractivity contribution is 5.98. The number of likely N-dealkylation sites (tertiary alicyclic amines) is 1. The highest BCUT2D eigenvalue weighted by Crippen LogP contribution is 2.36. The highest BCUT2D eigenvalue weighted by Gasteiger charge is 2.38. The Morgan fingerprint density at radius 3 is 2.97 bits per heavy atom. The first-order valence-electron chi connectivity index (χ1n) is 11.6. The molecule has 7 heteroatoms. The highest BCUT2D eigenvalue weighted by atomic mass is 16.2. The Kier molecular flexibility index (Phi) is 5.27. The number of piperidine rings is 1. The van der Waals surface area contributed by atoms with Gasteiger partial charge in [-0.25, -0.2) is 0 Å². The van der Waals surface area contributed by atoms with E-state index in [1.807, 2.05) is 35.2 Å². The van der Waals surface area contributed by atoms with Crippen LogP contribution in [0.1, 0.15) is 60.8 Å². The van der Waals surface area contributed by atoms with Crippen molar-refractivity contribution < 1.29 is 9.59 Å². The van der Waals surface area contributed by atoms with Gasteiger partial charge in [0.25, 0.3) is 5.91 Å². The monoisotopic (exact) mass is 433 g/mol. The quantitative estimate of drug-likeness (QED) is 0.587. The van der Waals surface area contributed by atoms with Crippen molar-refractivity contribution in [3.63, 3.8) is 0 Å². The summed E-state index contributed by atoms with van der Waals surface area (Å²) in [6.07, 6.45) is 5.52. The van der Waals surface area contributed by atoms with Gasteiger partial charge in [-0.3, -0.25) is 14.7 Å². The van der Waals surface area contributed by atoms with Crippen molar-refractivity contribution in [2.45, 2.75) is 45.4 Å². The molecule has 1 aliphatic heterocycles. The summed E-state index contributed by atoms with van der Waals surface area (Å²) in [5.74, 6) is 0.166. The van der Waals surface area contributed by atoms with Gasteiger partial charge >= 0.3 is 0 Å². The number of nitrogens with one attached hydrogen (secondary N) is 3. The van der Waals surface area contributed by atoms with Crippen molar-refractivity contribution in [3.8, 4) is 0 Å². The van der Waals surface area contributed by atoms with E-state index in [0.29, 0.717) is 18.8 Å². The van der Waals surface area contributed by atoms with Crippen LogP contribution in [-0.2, 0) is 11.2 Å². The van der Waals surface area contributed by atoms with Gasteiger partial charge in [-0.15, -0.1) is 0 Å². The number of hydrogen-bond donors (Lipinski definition) is 3.